The Morgan fingerprint density at radius 3 is 2.68 bits per heavy atom. The molecule has 6 heteroatoms. The molecule has 1 saturated heterocycles. The lowest BCUT2D eigenvalue weighted by Crippen LogP contribution is -2.35. The van der Waals surface area contributed by atoms with Crippen molar-refractivity contribution in [3.63, 3.8) is 0 Å². The number of nitrogens with one attached hydrogen (secondary N) is 1. The number of morpholine rings is 1. The van der Waals surface area contributed by atoms with Crippen LogP contribution in [0.3, 0.4) is 0 Å². The lowest BCUT2D eigenvalue weighted by Gasteiger charge is -2.27. The van der Waals surface area contributed by atoms with Crippen molar-refractivity contribution in [2.75, 3.05) is 31.6 Å². The van der Waals surface area contributed by atoms with E-state index in [1.165, 1.54) is 11.3 Å². The number of para-hydroxylation sites is 1. The Bertz CT molecular complexity index is 730. The van der Waals surface area contributed by atoms with Gasteiger partial charge in [-0.25, -0.2) is 4.98 Å². The summed E-state index contributed by atoms with van der Waals surface area (Å²) in [6.07, 6.45) is 1.67. The minimum absolute atomic E-state index is 0.0442. The fraction of sp³-hybridized carbons (Fsp3) is 0.474. The van der Waals surface area contributed by atoms with Crippen molar-refractivity contribution in [2.45, 2.75) is 32.7 Å². The van der Waals surface area contributed by atoms with Crippen molar-refractivity contribution in [3.8, 4) is 0 Å². The van der Waals surface area contributed by atoms with Gasteiger partial charge in [0.25, 0.3) is 5.91 Å². The standard InChI is InChI=1S/C19H25N3O2S/c1-19(2,3)18-20-12-16(25-18)17(23)21-15-7-5-4-6-14(15)13-22-8-10-24-11-9-22/h4-7,12H,8-11,13H2,1-3H3,(H,21,23). The molecule has 2 heterocycles. The molecule has 0 radical (unpaired) electrons. The van der Waals surface area contributed by atoms with Crippen LogP contribution in [0.15, 0.2) is 30.5 Å². The fourth-order valence-electron chi connectivity index (χ4n) is 2.69. The van der Waals surface area contributed by atoms with E-state index in [1.807, 2.05) is 18.2 Å². The van der Waals surface area contributed by atoms with Gasteiger partial charge in [-0.3, -0.25) is 9.69 Å². The highest BCUT2D eigenvalue weighted by Crippen LogP contribution is 2.27. The van der Waals surface area contributed by atoms with Crippen molar-refractivity contribution >= 4 is 22.9 Å². The molecule has 1 aliphatic rings. The van der Waals surface area contributed by atoms with Gasteiger partial charge in [-0.15, -0.1) is 11.3 Å². The summed E-state index contributed by atoms with van der Waals surface area (Å²) in [5.74, 6) is -0.0950. The third kappa shape index (κ3) is 4.66. The maximum absolute atomic E-state index is 12.6. The molecular formula is C19H25N3O2S. The first-order valence-electron chi connectivity index (χ1n) is 8.59. The second kappa shape index (κ2) is 7.64. The van der Waals surface area contributed by atoms with Crippen LogP contribution in [0.25, 0.3) is 0 Å². The van der Waals surface area contributed by atoms with Crippen LogP contribution < -0.4 is 5.32 Å². The van der Waals surface area contributed by atoms with E-state index in [0.29, 0.717) is 4.88 Å². The van der Waals surface area contributed by atoms with E-state index in [2.05, 4.69) is 42.0 Å². The summed E-state index contributed by atoms with van der Waals surface area (Å²) in [5.41, 5.74) is 1.94. The van der Waals surface area contributed by atoms with Crippen LogP contribution in [0.2, 0.25) is 0 Å². The number of nitrogens with zero attached hydrogens (tertiary/aromatic N) is 2. The molecular weight excluding hydrogens is 334 g/mol. The van der Waals surface area contributed by atoms with Gasteiger partial charge in [-0.05, 0) is 11.6 Å². The molecule has 25 heavy (non-hydrogen) atoms. The zero-order valence-electron chi connectivity index (χ0n) is 15.0. The first-order chi connectivity index (χ1) is 11.9. The van der Waals surface area contributed by atoms with Gasteiger partial charge in [0.05, 0.1) is 24.4 Å². The van der Waals surface area contributed by atoms with E-state index in [1.54, 1.807) is 6.20 Å². The van der Waals surface area contributed by atoms with Gasteiger partial charge in [0.2, 0.25) is 0 Å². The van der Waals surface area contributed by atoms with E-state index >= 15 is 0 Å². The highest BCUT2D eigenvalue weighted by Gasteiger charge is 2.21. The second-order valence-electron chi connectivity index (χ2n) is 7.28. The summed E-state index contributed by atoms with van der Waals surface area (Å²) in [5, 5.41) is 4.03. The Labute approximate surface area is 153 Å². The van der Waals surface area contributed by atoms with Gasteiger partial charge in [-0.1, -0.05) is 39.0 Å². The largest absolute Gasteiger partial charge is 0.379 e. The minimum Gasteiger partial charge on any atom is -0.379 e. The molecule has 0 atom stereocenters. The minimum atomic E-state index is -0.0950. The summed E-state index contributed by atoms with van der Waals surface area (Å²) >= 11 is 1.46. The van der Waals surface area contributed by atoms with Crippen molar-refractivity contribution in [1.29, 1.82) is 0 Å². The number of anilines is 1. The number of thiazole rings is 1. The molecule has 5 nitrogen and oxygen atoms in total. The number of benzene rings is 1. The van der Waals surface area contributed by atoms with Crippen LogP contribution in [0.5, 0.6) is 0 Å². The van der Waals surface area contributed by atoms with Gasteiger partial charge in [0.1, 0.15) is 4.88 Å². The number of aromatic nitrogens is 1. The monoisotopic (exact) mass is 359 g/mol. The summed E-state index contributed by atoms with van der Waals surface area (Å²) in [6.45, 7) is 10.5. The molecule has 0 bridgehead atoms. The molecule has 0 saturated carbocycles. The summed E-state index contributed by atoms with van der Waals surface area (Å²) < 4.78 is 5.40. The average molecular weight is 359 g/mol. The topological polar surface area (TPSA) is 54.5 Å². The molecule has 1 fully saturated rings. The maximum Gasteiger partial charge on any atom is 0.267 e. The molecule has 3 rings (SSSR count). The number of hydrogen-bond acceptors (Lipinski definition) is 5. The fourth-order valence-corrected chi connectivity index (χ4v) is 3.56. The van der Waals surface area contributed by atoms with E-state index in [-0.39, 0.29) is 11.3 Å². The van der Waals surface area contributed by atoms with Crippen molar-refractivity contribution < 1.29 is 9.53 Å². The Balaban J connectivity index is 1.71. The number of ether oxygens (including phenoxy) is 1. The molecule has 1 aromatic heterocycles. The lowest BCUT2D eigenvalue weighted by atomic mass is 9.98. The molecule has 134 valence electrons. The first kappa shape index (κ1) is 18.0. The van der Waals surface area contributed by atoms with Gasteiger partial charge < -0.3 is 10.1 Å². The third-order valence-corrected chi connectivity index (χ3v) is 5.56. The summed E-state index contributed by atoms with van der Waals surface area (Å²) in [7, 11) is 0. The van der Waals surface area contributed by atoms with Gasteiger partial charge in [0.15, 0.2) is 0 Å². The van der Waals surface area contributed by atoms with E-state index in [4.69, 9.17) is 4.74 Å². The lowest BCUT2D eigenvalue weighted by molar-refractivity contribution is 0.0342. The number of amides is 1. The molecule has 0 unspecified atom stereocenters. The predicted octanol–water partition coefficient (Wildman–Crippen LogP) is 3.53. The molecule has 2 aromatic rings. The number of hydrogen-bond donors (Lipinski definition) is 1. The van der Waals surface area contributed by atoms with Crippen LogP contribution in [-0.2, 0) is 16.7 Å². The molecule has 1 aromatic carbocycles. The molecule has 1 amide bonds. The average Bonchev–Trinajstić information content (AvgIpc) is 3.08. The summed E-state index contributed by atoms with van der Waals surface area (Å²) in [6, 6.07) is 7.99. The highest BCUT2D eigenvalue weighted by atomic mass is 32.1. The van der Waals surface area contributed by atoms with E-state index in [0.717, 1.165) is 49.1 Å². The Hall–Kier alpha value is -1.76. The van der Waals surface area contributed by atoms with Gasteiger partial charge in [-0.2, -0.15) is 0 Å². The maximum atomic E-state index is 12.6. The van der Waals surface area contributed by atoms with Crippen molar-refractivity contribution in [3.05, 3.63) is 45.9 Å². The number of rotatable bonds is 4. The van der Waals surface area contributed by atoms with Crippen molar-refractivity contribution in [1.82, 2.24) is 9.88 Å². The summed E-state index contributed by atoms with van der Waals surface area (Å²) in [4.78, 5) is 20.0. The Morgan fingerprint density at radius 1 is 1.28 bits per heavy atom. The van der Waals surface area contributed by atoms with Gasteiger partial charge in [0, 0.05) is 30.7 Å². The number of carbonyl (C=O) groups is 1. The van der Waals surface area contributed by atoms with Crippen LogP contribution in [0.1, 0.15) is 41.0 Å². The molecule has 1 aliphatic heterocycles. The molecule has 0 aliphatic carbocycles. The zero-order chi connectivity index (χ0) is 17.9. The Kier molecular flexibility index (Phi) is 5.51. The quantitative estimate of drug-likeness (QED) is 0.907. The van der Waals surface area contributed by atoms with E-state index in [9.17, 15) is 4.79 Å². The molecule has 0 spiro atoms. The molecule has 1 N–H and O–H groups in total. The third-order valence-electron chi connectivity index (χ3n) is 4.13. The van der Waals surface area contributed by atoms with Crippen LogP contribution >= 0.6 is 11.3 Å². The van der Waals surface area contributed by atoms with Crippen molar-refractivity contribution in [2.24, 2.45) is 0 Å². The van der Waals surface area contributed by atoms with Crippen LogP contribution in [0.4, 0.5) is 5.69 Å². The smallest absolute Gasteiger partial charge is 0.267 e. The second-order valence-corrected chi connectivity index (χ2v) is 8.31. The van der Waals surface area contributed by atoms with E-state index < -0.39 is 0 Å². The zero-order valence-corrected chi connectivity index (χ0v) is 15.9. The van der Waals surface area contributed by atoms with Crippen LogP contribution in [0, 0.1) is 0 Å². The predicted molar refractivity (Wildman–Crippen MR) is 101 cm³/mol. The Morgan fingerprint density at radius 2 is 2.00 bits per heavy atom. The number of carbonyl (C=O) groups excluding carboxylic acids is 1. The normalized spacial score (nSPS) is 16.0. The highest BCUT2D eigenvalue weighted by molar-refractivity contribution is 7.13. The first-order valence-corrected chi connectivity index (χ1v) is 9.41. The SMILES string of the molecule is CC(C)(C)c1ncc(C(=O)Nc2ccccc2CN2CCOCC2)s1. The van der Waals surface area contributed by atoms with Crippen LogP contribution in [-0.4, -0.2) is 42.1 Å². The van der Waals surface area contributed by atoms with Gasteiger partial charge >= 0.3 is 0 Å².